The van der Waals surface area contributed by atoms with Crippen LogP contribution in [0.2, 0.25) is 0 Å². The molecule has 1 nitrogen and oxygen atoms in total. The summed E-state index contributed by atoms with van der Waals surface area (Å²) in [7, 11) is 0. The second kappa shape index (κ2) is 9.33. The predicted molar refractivity (Wildman–Crippen MR) is 173 cm³/mol. The summed E-state index contributed by atoms with van der Waals surface area (Å²) in [6.07, 6.45) is 9.86. The van der Waals surface area contributed by atoms with Gasteiger partial charge in [0.15, 0.2) is 0 Å². The van der Waals surface area contributed by atoms with Crippen molar-refractivity contribution in [3.63, 3.8) is 0 Å². The lowest BCUT2D eigenvalue weighted by Crippen LogP contribution is -2.30. The van der Waals surface area contributed by atoms with E-state index < -0.39 is 0 Å². The minimum absolute atomic E-state index is 0.126. The average molecular weight is 541 g/mol. The molecule has 1 heteroatoms. The Morgan fingerprint density at radius 3 is 2.17 bits per heavy atom. The molecule has 1 heterocycles. The molecule has 0 spiro atoms. The zero-order valence-electron chi connectivity index (χ0n) is 24.0. The Bertz CT molecular complexity index is 1950. The van der Waals surface area contributed by atoms with E-state index in [0.717, 1.165) is 23.5 Å². The molecule has 0 aromatic heterocycles. The predicted octanol–water partition coefficient (Wildman–Crippen LogP) is 10.4. The van der Waals surface area contributed by atoms with E-state index in [1.165, 1.54) is 50.1 Å². The number of hydrogen-bond donors (Lipinski definition) is 0. The minimum atomic E-state index is -0.381. The van der Waals surface area contributed by atoms with Crippen LogP contribution in [0.4, 0.5) is 0 Å². The molecule has 0 bridgehead atoms. The van der Waals surface area contributed by atoms with Gasteiger partial charge in [-0.2, -0.15) is 0 Å². The van der Waals surface area contributed by atoms with Crippen molar-refractivity contribution in [1.82, 2.24) is 0 Å². The molecule has 2 aliphatic carbocycles. The fraction of sp³-hybridized carbons (Fsp3) is 0.122. The molecular formula is C41H32O. The Balaban J connectivity index is 1.33. The SMILES string of the molecule is CC1(C)c2ccccc2Oc2cc(-c3cccc(C4(c5ccccc5)C5=C(C=CC=CC5)c5ccccc54)c3)ccc21. The molecule has 0 saturated heterocycles. The Morgan fingerprint density at radius 1 is 0.571 bits per heavy atom. The lowest BCUT2D eigenvalue weighted by Gasteiger charge is -2.36. The van der Waals surface area contributed by atoms with Crippen LogP contribution in [0.5, 0.6) is 11.5 Å². The molecule has 3 aliphatic rings. The number of rotatable bonds is 3. The molecule has 0 fully saturated rings. The number of benzene rings is 5. The first-order valence-electron chi connectivity index (χ1n) is 14.8. The number of fused-ring (bicyclic) bond motifs is 4. The van der Waals surface area contributed by atoms with E-state index in [9.17, 15) is 0 Å². The number of para-hydroxylation sites is 1. The van der Waals surface area contributed by atoms with Gasteiger partial charge in [0.05, 0.1) is 5.41 Å². The number of ether oxygens (including phenoxy) is 1. The van der Waals surface area contributed by atoms with Gasteiger partial charge in [-0.1, -0.05) is 141 Å². The van der Waals surface area contributed by atoms with E-state index >= 15 is 0 Å². The normalized spacial score (nSPS) is 19.3. The molecular weight excluding hydrogens is 508 g/mol. The van der Waals surface area contributed by atoms with E-state index in [2.05, 4.69) is 159 Å². The molecule has 0 amide bonds. The lowest BCUT2D eigenvalue weighted by atomic mass is 9.65. The molecule has 0 radical (unpaired) electrons. The summed E-state index contributed by atoms with van der Waals surface area (Å²) in [5.41, 5.74) is 12.3. The van der Waals surface area contributed by atoms with Crippen LogP contribution in [-0.2, 0) is 10.8 Å². The maximum Gasteiger partial charge on any atom is 0.132 e. The summed E-state index contributed by atoms with van der Waals surface area (Å²) in [6, 6.07) is 44.3. The highest BCUT2D eigenvalue weighted by atomic mass is 16.5. The van der Waals surface area contributed by atoms with Gasteiger partial charge in [-0.15, -0.1) is 0 Å². The molecule has 0 N–H and O–H groups in total. The van der Waals surface area contributed by atoms with Gasteiger partial charge in [0.2, 0.25) is 0 Å². The highest BCUT2D eigenvalue weighted by molar-refractivity contribution is 5.91. The van der Waals surface area contributed by atoms with Crippen LogP contribution >= 0.6 is 0 Å². The number of allylic oxidation sites excluding steroid dienone is 6. The van der Waals surface area contributed by atoms with E-state index in [-0.39, 0.29) is 10.8 Å². The van der Waals surface area contributed by atoms with Crippen molar-refractivity contribution in [2.45, 2.75) is 31.1 Å². The van der Waals surface area contributed by atoms with Crippen LogP contribution in [0, 0.1) is 0 Å². The van der Waals surface area contributed by atoms with Crippen LogP contribution in [-0.4, -0.2) is 0 Å². The first-order chi connectivity index (χ1) is 20.6. The van der Waals surface area contributed by atoms with Crippen molar-refractivity contribution in [3.05, 3.63) is 185 Å². The third-order valence-corrected chi connectivity index (χ3v) is 9.50. The van der Waals surface area contributed by atoms with Crippen LogP contribution < -0.4 is 4.74 Å². The van der Waals surface area contributed by atoms with Gasteiger partial charge in [0.1, 0.15) is 11.5 Å². The fourth-order valence-electron chi connectivity index (χ4n) is 7.53. The summed E-state index contributed by atoms with van der Waals surface area (Å²) in [5, 5.41) is 0. The summed E-state index contributed by atoms with van der Waals surface area (Å²) in [4.78, 5) is 0. The van der Waals surface area contributed by atoms with E-state index in [0.29, 0.717) is 0 Å². The zero-order valence-corrected chi connectivity index (χ0v) is 24.0. The quantitative estimate of drug-likeness (QED) is 0.221. The maximum atomic E-state index is 6.50. The van der Waals surface area contributed by atoms with Crippen molar-refractivity contribution < 1.29 is 4.74 Å². The second-order valence-electron chi connectivity index (χ2n) is 12.1. The molecule has 0 saturated carbocycles. The van der Waals surface area contributed by atoms with Gasteiger partial charge >= 0.3 is 0 Å². The van der Waals surface area contributed by atoms with E-state index in [1.54, 1.807) is 0 Å². The van der Waals surface area contributed by atoms with E-state index in [1.807, 2.05) is 0 Å². The van der Waals surface area contributed by atoms with Gasteiger partial charge in [-0.05, 0) is 69.1 Å². The van der Waals surface area contributed by atoms with Gasteiger partial charge in [-0.25, -0.2) is 0 Å². The molecule has 42 heavy (non-hydrogen) atoms. The van der Waals surface area contributed by atoms with Gasteiger partial charge in [0, 0.05) is 16.5 Å². The minimum Gasteiger partial charge on any atom is -0.457 e. The molecule has 8 rings (SSSR count). The molecule has 5 aromatic rings. The summed E-state index contributed by atoms with van der Waals surface area (Å²) in [5.74, 6) is 1.88. The fourth-order valence-corrected chi connectivity index (χ4v) is 7.53. The summed E-state index contributed by atoms with van der Waals surface area (Å²) in [6.45, 7) is 4.57. The Hall–Kier alpha value is -4.88. The zero-order chi connectivity index (χ0) is 28.3. The molecule has 5 aromatic carbocycles. The maximum absolute atomic E-state index is 6.50. The Labute approximate surface area is 248 Å². The first kappa shape index (κ1) is 24.9. The van der Waals surface area contributed by atoms with Crippen LogP contribution in [0.15, 0.2) is 151 Å². The average Bonchev–Trinajstić information content (AvgIpc) is 3.13. The van der Waals surface area contributed by atoms with Crippen molar-refractivity contribution in [3.8, 4) is 22.6 Å². The molecule has 1 aliphatic heterocycles. The van der Waals surface area contributed by atoms with Gasteiger partial charge in [-0.3, -0.25) is 0 Å². The van der Waals surface area contributed by atoms with Crippen LogP contribution in [0.1, 0.15) is 53.6 Å². The van der Waals surface area contributed by atoms with Crippen molar-refractivity contribution in [1.29, 1.82) is 0 Å². The second-order valence-corrected chi connectivity index (χ2v) is 12.1. The Kier molecular flexibility index (Phi) is 5.52. The van der Waals surface area contributed by atoms with Crippen molar-refractivity contribution >= 4 is 5.57 Å². The highest BCUT2D eigenvalue weighted by Crippen LogP contribution is 2.57. The van der Waals surface area contributed by atoms with Crippen LogP contribution in [0.3, 0.4) is 0 Å². The highest BCUT2D eigenvalue weighted by Gasteiger charge is 2.46. The molecule has 202 valence electrons. The topological polar surface area (TPSA) is 9.23 Å². The smallest absolute Gasteiger partial charge is 0.132 e. The first-order valence-corrected chi connectivity index (χ1v) is 14.8. The standard InChI is InChI=1S/C41H32O/c1-40(2)36-22-11-12-23-38(36)42-39-27-29(24-25-37(39)40)28-14-13-17-31(26-28)41(30-15-5-3-6-16-30)34-20-8-4-7-18-32(34)33-19-9-10-21-35(33)41/h3-19,21-27H,20H2,1-2H3. The number of hydrogen-bond acceptors (Lipinski definition) is 1. The summed E-state index contributed by atoms with van der Waals surface area (Å²) >= 11 is 0. The lowest BCUT2D eigenvalue weighted by molar-refractivity contribution is 0.418. The van der Waals surface area contributed by atoms with E-state index in [4.69, 9.17) is 4.74 Å². The largest absolute Gasteiger partial charge is 0.457 e. The molecule has 1 unspecified atom stereocenters. The van der Waals surface area contributed by atoms with Gasteiger partial charge in [0.25, 0.3) is 0 Å². The third kappa shape index (κ3) is 3.50. The monoisotopic (exact) mass is 540 g/mol. The van der Waals surface area contributed by atoms with Crippen molar-refractivity contribution in [2.75, 3.05) is 0 Å². The Morgan fingerprint density at radius 2 is 1.29 bits per heavy atom. The third-order valence-electron chi connectivity index (χ3n) is 9.50. The molecule has 1 atom stereocenters. The summed E-state index contributed by atoms with van der Waals surface area (Å²) < 4.78 is 6.50. The van der Waals surface area contributed by atoms with Crippen molar-refractivity contribution in [2.24, 2.45) is 0 Å². The van der Waals surface area contributed by atoms with Crippen LogP contribution in [0.25, 0.3) is 16.7 Å². The van der Waals surface area contributed by atoms with Gasteiger partial charge < -0.3 is 4.74 Å².